The van der Waals surface area contributed by atoms with Crippen molar-refractivity contribution in [2.45, 2.75) is 56.4 Å². The van der Waals surface area contributed by atoms with Crippen LogP contribution in [0.5, 0.6) is 0 Å². The molecular weight excluding hydrogens is 312 g/mol. The van der Waals surface area contributed by atoms with Crippen molar-refractivity contribution in [2.75, 3.05) is 18.6 Å². The highest BCUT2D eigenvalue weighted by molar-refractivity contribution is 7.93. The summed E-state index contributed by atoms with van der Waals surface area (Å²) >= 11 is 0. The zero-order valence-electron chi connectivity index (χ0n) is 14.5. The fourth-order valence-electron chi connectivity index (χ4n) is 2.65. The summed E-state index contributed by atoms with van der Waals surface area (Å²) in [7, 11) is -0.917. The van der Waals surface area contributed by atoms with Crippen LogP contribution < -0.4 is 5.32 Å². The SMILES string of the molecule is CCCC(O)(CCC)CC(=O)Nc1cccc(S(C)(=O)=NC)c1. The van der Waals surface area contributed by atoms with Gasteiger partial charge in [-0.2, -0.15) is 0 Å². The van der Waals surface area contributed by atoms with Crippen LogP contribution in [0, 0.1) is 0 Å². The quantitative estimate of drug-likeness (QED) is 0.761. The summed E-state index contributed by atoms with van der Waals surface area (Å²) in [5.74, 6) is -0.234. The van der Waals surface area contributed by atoms with Crippen molar-refractivity contribution in [1.82, 2.24) is 0 Å². The van der Waals surface area contributed by atoms with E-state index in [2.05, 4.69) is 9.68 Å². The second-order valence-corrected chi connectivity index (χ2v) is 8.40. The van der Waals surface area contributed by atoms with Gasteiger partial charge >= 0.3 is 0 Å². The molecule has 5 nitrogen and oxygen atoms in total. The number of hydrogen-bond acceptors (Lipinski definition) is 4. The molecule has 6 heteroatoms. The molecule has 0 aliphatic heterocycles. The molecule has 0 saturated carbocycles. The molecule has 1 aromatic carbocycles. The normalized spacial score (nSPS) is 14.1. The molecule has 1 rings (SSSR count). The number of rotatable bonds is 8. The van der Waals surface area contributed by atoms with E-state index in [1.807, 2.05) is 13.8 Å². The Kier molecular flexibility index (Phi) is 7.22. The predicted molar refractivity (Wildman–Crippen MR) is 95.1 cm³/mol. The van der Waals surface area contributed by atoms with E-state index in [9.17, 15) is 14.1 Å². The maximum Gasteiger partial charge on any atom is 0.227 e. The number of carbonyl (C=O) groups is 1. The number of nitrogens with zero attached hydrogens (tertiary/aromatic N) is 1. The first-order valence-corrected chi connectivity index (χ1v) is 9.91. The van der Waals surface area contributed by atoms with Crippen LogP contribution >= 0.6 is 0 Å². The summed E-state index contributed by atoms with van der Waals surface area (Å²) in [5, 5.41) is 13.3. The van der Waals surface area contributed by atoms with E-state index in [0.717, 1.165) is 12.8 Å². The molecule has 0 aliphatic rings. The average Bonchev–Trinajstić information content (AvgIpc) is 2.47. The van der Waals surface area contributed by atoms with Crippen LogP contribution in [-0.4, -0.2) is 34.1 Å². The number of anilines is 1. The largest absolute Gasteiger partial charge is 0.389 e. The van der Waals surface area contributed by atoms with Crippen molar-refractivity contribution in [1.29, 1.82) is 0 Å². The molecule has 0 spiro atoms. The van der Waals surface area contributed by atoms with Crippen molar-refractivity contribution in [2.24, 2.45) is 4.36 Å². The summed E-state index contributed by atoms with van der Waals surface area (Å²) in [6.07, 6.45) is 4.50. The van der Waals surface area contributed by atoms with Crippen LogP contribution in [0.4, 0.5) is 5.69 Å². The molecule has 0 fully saturated rings. The van der Waals surface area contributed by atoms with Gasteiger partial charge in [-0.15, -0.1) is 0 Å². The van der Waals surface area contributed by atoms with E-state index in [-0.39, 0.29) is 12.3 Å². The molecule has 0 radical (unpaired) electrons. The molecule has 0 aliphatic carbocycles. The lowest BCUT2D eigenvalue weighted by Crippen LogP contribution is -2.33. The molecule has 0 heterocycles. The van der Waals surface area contributed by atoms with Gasteiger partial charge in [-0.3, -0.25) is 4.79 Å². The summed E-state index contributed by atoms with van der Waals surface area (Å²) in [4.78, 5) is 12.8. The van der Waals surface area contributed by atoms with Crippen LogP contribution in [0.25, 0.3) is 0 Å². The molecular formula is C17H28N2O3S. The predicted octanol–water partition coefficient (Wildman–Crippen LogP) is 3.43. The van der Waals surface area contributed by atoms with Gasteiger partial charge < -0.3 is 10.4 Å². The van der Waals surface area contributed by atoms with Gasteiger partial charge in [0.1, 0.15) is 0 Å². The maximum atomic E-state index is 12.3. The van der Waals surface area contributed by atoms with Gasteiger partial charge in [0, 0.05) is 23.9 Å². The van der Waals surface area contributed by atoms with Crippen molar-refractivity contribution in [3.63, 3.8) is 0 Å². The van der Waals surface area contributed by atoms with Crippen LogP contribution in [0.2, 0.25) is 0 Å². The lowest BCUT2D eigenvalue weighted by molar-refractivity contribution is -0.121. The van der Waals surface area contributed by atoms with Crippen LogP contribution in [0.15, 0.2) is 33.5 Å². The number of hydrogen-bond donors (Lipinski definition) is 2. The van der Waals surface area contributed by atoms with Crippen molar-refractivity contribution in [3.05, 3.63) is 24.3 Å². The first-order valence-electron chi connectivity index (χ1n) is 7.99. The molecule has 0 bridgehead atoms. The van der Waals surface area contributed by atoms with Crippen LogP contribution in [0.3, 0.4) is 0 Å². The molecule has 2 N–H and O–H groups in total. The van der Waals surface area contributed by atoms with Gasteiger partial charge in [0.2, 0.25) is 5.91 Å². The minimum absolute atomic E-state index is 0.0680. The Morgan fingerprint density at radius 1 is 1.30 bits per heavy atom. The fraction of sp³-hybridized carbons (Fsp3) is 0.588. The molecule has 1 atom stereocenters. The number of amides is 1. The lowest BCUT2D eigenvalue weighted by Gasteiger charge is -2.26. The van der Waals surface area contributed by atoms with Crippen LogP contribution in [0.1, 0.15) is 46.0 Å². The number of carbonyl (C=O) groups excluding carboxylic acids is 1. The zero-order valence-corrected chi connectivity index (χ0v) is 15.3. The monoisotopic (exact) mass is 340 g/mol. The van der Waals surface area contributed by atoms with Crippen molar-refractivity contribution >= 4 is 21.3 Å². The lowest BCUT2D eigenvalue weighted by atomic mass is 9.89. The van der Waals surface area contributed by atoms with E-state index in [4.69, 9.17) is 0 Å². The Morgan fingerprint density at radius 2 is 1.91 bits per heavy atom. The Hall–Kier alpha value is -1.40. The highest BCUT2D eigenvalue weighted by Gasteiger charge is 2.28. The standard InChI is InChI=1S/C17H28N2O3S/c1-5-10-17(21,11-6-2)13-16(20)19-14-8-7-9-15(12-14)23(4,22)18-3/h7-9,12,21H,5-6,10-11,13H2,1-4H3,(H,19,20). The number of nitrogens with one attached hydrogen (secondary N) is 1. The smallest absolute Gasteiger partial charge is 0.227 e. The van der Waals surface area contributed by atoms with Gasteiger partial charge in [-0.1, -0.05) is 32.8 Å². The Balaban J connectivity index is 2.86. The Bertz CT molecular complexity index is 643. The third-order valence-electron chi connectivity index (χ3n) is 3.82. The maximum absolute atomic E-state index is 12.3. The Morgan fingerprint density at radius 3 is 2.43 bits per heavy atom. The first kappa shape index (κ1) is 19.6. The molecule has 0 aromatic heterocycles. The Labute approximate surface area is 139 Å². The first-order chi connectivity index (χ1) is 10.8. The highest BCUT2D eigenvalue weighted by Crippen LogP contribution is 2.24. The molecule has 23 heavy (non-hydrogen) atoms. The van der Waals surface area contributed by atoms with Gasteiger partial charge in [-0.25, -0.2) is 8.57 Å². The van der Waals surface area contributed by atoms with Gasteiger partial charge in [0.05, 0.1) is 21.8 Å². The third kappa shape index (κ3) is 5.95. The molecule has 130 valence electrons. The van der Waals surface area contributed by atoms with E-state index in [1.54, 1.807) is 30.5 Å². The molecule has 1 unspecified atom stereocenters. The van der Waals surface area contributed by atoms with Gasteiger partial charge in [0.15, 0.2) is 0 Å². The zero-order chi connectivity index (χ0) is 17.5. The second kappa shape index (κ2) is 8.45. The second-order valence-electron chi connectivity index (χ2n) is 5.96. The molecule has 0 saturated heterocycles. The molecule has 1 amide bonds. The van der Waals surface area contributed by atoms with E-state index < -0.39 is 15.3 Å². The third-order valence-corrected chi connectivity index (χ3v) is 5.65. The van der Waals surface area contributed by atoms with E-state index in [1.165, 1.54) is 7.05 Å². The number of benzene rings is 1. The van der Waals surface area contributed by atoms with E-state index in [0.29, 0.717) is 23.4 Å². The van der Waals surface area contributed by atoms with Crippen molar-refractivity contribution < 1.29 is 14.1 Å². The van der Waals surface area contributed by atoms with Crippen molar-refractivity contribution in [3.8, 4) is 0 Å². The molecule has 1 aromatic rings. The fourth-order valence-corrected chi connectivity index (χ4v) is 3.54. The summed E-state index contributed by atoms with van der Waals surface area (Å²) in [6, 6.07) is 6.89. The summed E-state index contributed by atoms with van der Waals surface area (Å²) < 4.78 is 16.2. The average molecular weight is 340 g/mol. The minimum atomic E-state index is -2.43. The van der Waals surface area contributed by atoms with Gasteiger partial charge in [-0.05, 0) is 31.0 Å². The van der Waals surface area contributed by atoms with Crippen LogP contribution in [-0.2, 0) is 14.5 Å². The minimum Gasteiger partial charge on any atom is -0.389 e. The van der Waals surface area contributed by atoms with E-state index >= 15 is 0 Å². The summed E-state index contributed by atoms with van der Waals surface area (Å²) in [6.45, 7) is 3.99. The summed E-state index contributed by atoms with van der Waals surface area (Å²) in [5.41, 5.74) is -0.386. The topological polar surface area (TPSA) is 78.8 Å². The number of aliphatic hydroxyl groups is 1. The van der Waals surface area contributed by atoms with Gasteiger partial charge in [0.25, 0.3) is 0 Å². The highest BCUT2D eigenvalue weighted by atomic mass is 32.2.